The van der Waals surface area contributed by atoms with Gasteiger partial charge in [-0.25, -0.2) is 0 Å². The van der Waals surface area contributed by atoms with Crippen LogP contribution in [-0.2, 0) is 14.3 Å². The first-order valence-corrected chi connectivity index (χ1v) is 5.55. The highest BCUT2D eigenvalue weighted by Crippen LogP contribution is 2.27. The van der Waals surface area contributed by atoms with E-state index in [1.165, 1.54) is 21.1 Å². The first-order valence-electron chi connectivity index (χ1n) is 5.17. The zero-order valence-corrected chi connectivity index (χ0v) is 11.1. The Morgan fingerprint density at radius 1 is 1.33 bits per heavy atom. The maximum atomic E-state index is 11.7. The molecule has 5 nitrogen and oxygen atoms in total. The molecule has 1 amide bonds. The molecule has 0 aliphatic rings. The average Bonchev–Trinajstić information content (AvgIpc) is 2.32. The van der Waals surface area contributed by atoms with E-state index in [1.807, 2.05) is 0 Å². The topological polar surface area (TPSA) is 64.6 Å². The second-order valence-electron chi connectivity index (χ2n) is 3.56. The van der Waals surface area contributed by atoms with Crippen molar-refractivity contribution in [1.29, 1.82) is 0 Å². The molecule has 0 radical (unpaired) electrons. The summed E-state index contributed by atoms with van der Waals surface area (Å²) in [5, 5.41) is 2.99. The third kappa shape index (κ3) is 3.45. The molecule has 0 saturated carbocycles. The van der Waals surface area contributed by atoms with Gasteiger partial charge in [0.2, 0.25) is 0 Å². The fourth-order valence-corrected chi connectivity index (χ4v) is 1.60. The number of ether oxygens (including phenoxy) is 2. The molecular weight excluding hydrogens is 258 g/mol. The van der Waals surface area contributed by atoms with Crippen molar-refractivity contribution >= 4 is 29.0 Å². The van der Waals surface area contributed by atoms with Crippen LogP contribution in [0.25, 0.3) is 0 Å². The third-order valence-corrected chi connectivity index (χ3v) is 2.57. The number of hydrogen-bond acceptors (Lipinski definition) is 4. The summed E-state index contributed by atoms with van der Waals surface area (Å²) < 4.78 is 9.83. The summed E-state index contributed by atoms with van der Waals surface area (Å²) in [6.45, 7) is 1.29. The lowest BCUT2D eigenvalue weighted by atomic mass is 10.2. The maximum absolute atomic E-state index is 11.7. The maximum Gasteiger partial charge on any atom is 0.261 e. The molecular formula is C12H14ClNO4. The Kier molecular flexibility index (Phi) is 5.12. The first-order chi connectivity index (χ1) is 8.49. The van der Waals surface area contributed by atoms with Crippen LogP contribution in [0.1, 0.15) is 6.92 Å². The van der Waals surface area contributed by atoms with Crippen molar-refractivity contribution in [2.24, 2.45) is 0 Å². The van der Waals surface area contributed by atoms with Crippen molar-refractivity contribution in [3.8, 4) is 5.75 Å². The van der Waals surface area contributed by atoms with Gasteiger partial charge < -0.3 is 14.8 Å². The Bertz CT molecular complexity index is 461. The molecule has 0 heterocycles. The minimum atomic E-state index is -1.12. The molecule has 0 bridgehead atoms. The standard InChI is InChI=1S/C12H14ClNO4/c1-7(15)11(18-3)12(16)14-8-4-5-9(13)10(6-8)17-2/h4-6,11H,1-3H3,(H,14,16). The fraction of sp³-hybridized carbons (Fsp3) is 0.333. The Morgan fingerprint density at radius 3 is 2.50 bits per heavy atom. The number of carbonyl (C=O) groups is 2. The number of amides is 1. The van der Waals surface area contributed by atoms with E-state index in [0.717, 1.165) is 0 Å². The molecule has 1 atom stereocenters. The molecule has 18 heavy (non-hydrogen) atoms. The summed E-state index contributed by atoms with van der Waals surface area (Å²) in [7, 11) is 2.77. The van der Waals surface area contributed by atoms with Crippen LogP contribution < -0.4 is 10.1 Å². The van der Waals surface area contributed by atoms with Crippen molar-refractivity contribution < 1.29 is 19.1 Å². The number of ketones is 1. The van der Waals surface area contributed by atoms with Crippen LogP contribution in [0, 0.1) is 0 Å². The zero-order chi connectivity index (χ0) is 13.7. The Balaban J connectivity index is 2.84. The van der Waals surface area contributed by atoms with Crippen molar-refractivity contribution in [2.45, 2.75) is 13.0 Å². The van der Waals surface area contributed by atoms with Gasteiger partial charge >= 0.3 is 0 Å². The number of anilines is 1. The molecule has 1 rings (SSSR count). The van der Waals surface area contributed by atoms with E-state index < -0.39 is 12.0 Å². The predicted molar refractivity (Wildman–Crippen MR) is 68.1 cm³/mol. The molecule has 1 aromatic carbocycles. The van der Waals surface area contributed by atoms with E-state index >= 15 is 0 Å². The van der Waals surface area contributed by atoms with E-state index in [9.17, 15) is 9.59 Å². The quantitative estimate of drug-likeness (QED) is 0.831. The van der Waals surface area contributed by atoms with E-state index in [2.05, 4.69) is 5.32 Å². The molecule has 98 valence electrons. The van der Waals surface area contributed by atoms with Crippen molar-refractivity contribution in [3.05, 3.63) is 23.2 Å². The summed E-state index contributed by atoms with van der Waals surface area (Å²) in [4.78, 5) is 22.9. The van der Waals surface area contributed by atoms with Gasteiger partial charge in [-0.2, -0.15) is 0 Å². The smallest absolute Gasteiger partial charge is 0.261 e. The zero-order valence-electron chi connectivity index (χ0n) is 10.3. The highest BCUT2D eigenvalue weighted by atomic mass is 35.5. The van der Waals surface area contributed by atoms with Crippen molar-refractivity contribution in [3.63, 3.8) is 0 Å². The highest BCUT2D eigenvalue weighted by Gasteiger charge is 2.22. The summed E-state index contributed by atoms with van der Waals surface area (Å²) >= 11 is 5.86. The normalized spacial score (nSPS) is 11.8. The Labute approximate surface area is 110 Å². The minimum Gasteiger partial charge on any atom is -0.495 e. The van der Waals surface area contributed by atoms with Gasteiger partial charge in [-0.05, 0) is 19.1 Å². The molecule has 0 fully saturated rings. The average molecular weight is 272 g/mol. The van der Waals surface area contributed by atoms with Gasteiger partial charge in [0.25, 0.3) is 5.91 Å². The number of carbonyl (C=O) groups excluding carboxylic acids is 2. The lowest BCUT2D eigenvalue weighted by molar-refractivity contribution is -0.137. The Morgan fingerprint density at radius 2 is 2.00 bits per heavy atom. The van der Waals surface area contributed by atoms with Crippen LogP contribution in [0.15, 0.2) is 18.2 Å². The Hall–Kier alpha value is -1.59. The summed E-state index contributed by atoms with van der Waals surface area (Å²) in [5.74, 6) is -0.462. The van der Waals surface area contributed by atoms with E-state index in [0.29, 0.717) is 16.5 Å². The SMILES string of the molecule is COc1cc(NC(=O)C(OC)C(C)=O)ccc1Cl. The third-order valence-electron chi connectivity index (χ3n) is 2.26. The molecule has 1 aromatic rings. The van der Waals surface area contributed by atoms with Gasteiger partial charge in [-0.15, -0.1) is 0 Å². The fourth-order valence-electron chi connectivity index (χ4n) is 1.40. The molecule has 6 heteroatoms. The predicted octanol–water partition coefficient (Wildman–Crippen LogP) is 1.89. The number of benzene rings is 1. The van der Waals surface area contributed by atoms with E-state index in [-0.39, 0.29) is 5.78 Å². The summed E-state index contributed by atoms with van der Waals surface area (Å²) in [6.07, 6.45) is -1.12. The largest absolute Gasteiger partial charge is 0.495 e. The van der Waals surface area contributed by atoms with Gasteiger partial charge in [0.15, 0.2) is 11.9 Å². The number of rotatable bonds is 5. The van der Waals surface area contributed by atoms with Crippen LogP contribution in [-0.4, -0.2) is 32.0 Å². The summed E-state index contributed by atoms with van der Waals surface area (Å²) in [5.41, 5.74) is 0.476. The molecule has 0 aliphatic carbocycles. The van der Waals surface area contributed by atoms with E-state index in [1.54, 1.807) is 18.2 Å². The second kappa shape index (κ2) is 6.37. The van der Waals surface area contributed by atoms with Crippen molar-refractivity contribution in [2.75, 3.05) is 19.5 Å². The van der Waals surface area contributed by atoms with Gasteiger partial charge in [0.1, 0.15) is 5.75 Å². The van der Waals surface area contributed by atoms with Gasteiger partial charge in [-0.3, -0.25) is 9.59 Å². The van der Waals surface area contributed by atoms with Crippen LogP contribution in [0.4, 0.5) is 5.69 Å². The number of methoxy groups -OCH3 is 2. The lowest BCUT2D eigenvalue weighted by Crippen LogP contribution is -2.35. The number of Topliss-reactive ketones (excluding diaryl/α,β-unsaturated/α-hetero) is 1. The molecule has 0 aromatic heterocycles. The van der Waals surface area contributed by atoms with Gasteiger partial charge in [0, 0.05) is 18.9 Å². The van der Waals surface area contributed by atoms with Gasteiger partial charge in [0.05, 0.1) is 12.1 Å². The second-order valence-corrected chi connectivity index (χ2v) is 3.97. The van der Waals surface area contributed by atoms with Crippen LogP contribution >= 0.6 is 11.6 Å². The number of halogens is 1. The molecule has 0 aliphatic heterocycles. The minimum absolute atomic E-state index is 0.365. The molecule has 1 unspecified atom stereocenters. The van der Waals surface area contributed by atoms with Crippen LogP contribution in [0.5, 0.6) is 5.75 Å². The number of hydrogen-bond donors (Lipinski definition) is 1. The molecule has 1 N–H and O–H groups in total. The lowest BCUT2D eigenvalue weighted by Gasteiger charge is -2.13. The highest BCUT2D eigenvalue weighted by molar-refractivity contribution is 6.32. The number of nitrogens with one attached hydrogen (secondary N) is 1. The first kappa shape index (κ1) is 14.5. The monoisotopic (exact) mass is 271 g/mol. The molecule has 0 spiro atoms. The van der Waals surface area contributed by atoms with E-state index in [4.69, 9.17) is 21.1 Å². The van der Waals surface area contributed by atoms with Crippen molar-refractivity contribution in [1.82, 2.24) is 0 Å². The summed E-state index contributed by atoms with van der Waals surface area (Å²) in [6, 6.07) is 4.76. The molecule has 0 saturated heterocycles. The van der Waals surface area contributed by atoms with Gasteiger partial charge in [-0.1, -0.05) is 11.6 Å². The van der Waals surface area contributed by atoms with Crippen LogP contribution in [0.2, 0.25) is 5.02 Å². The van der Waals surface area contributed by atoms with Crippen LogP contribution in [0.3, 0.4) is 0 Å².